The Morgan fingerprint density at radius 3 is 2.67 bits per heavy atom. The number of hydrogen-bond acceptors (Lipinski definition) is 4. The van der Waals surface area contributed by atoms with E-state index in [-0.39, 0.29) is 5.91 Å². The third kappa shape index (κ3) is 4.36. The molecule has 0 bridgehead atoms. The van der Waals surface area contributed by atoms with Gasteiger partial charge in [-0.3, -0.25) is 9.69 Å². The Hall–Kier alpha value is -1.75. The number of nitrogens with one attached hydrogen (secondary N) is 1. The Kier molecular flexibility index (Phi) is 5.07. The minimum Gasteiger partial charge on any atom is -0.494 e. The van der Waals surface area contributed by atoms with Gasteiger partial charge in [-0.15, -0.1) is 0 Å². The van der Waals surface area contributed by atoms with Crippen LogP contribution < -0.4 is 15.8 Å². The maximum Gasteiger partial charge on any atom is 0.238 e. The first-order valence-corrected chi connectivity index (χ1v) is 7.43. The largest absolute Gasteiger partial charge is 0.494 e. The highest BCUT2D eigenvalue weighted by molar-refractivity contribution is 5.94. The lowest BCUT2D eigenvalue weighted by molar-refractivity contribution is -0.117. The number of likely N-dealkylation sites (tertiary alicyclic amines) is 1. The van der Waals surface area contributed by atoms with Crippen molar-refractivity contribution in [3.63, 3.8) is 0 Å². The maximum absolute atomic E-state index is 12.2. The summed E-state index contributed by atoms with van der Waals surface area (Å²) in [4.78, 5) is 14.4. The molecule has 0 aromatic heterocycles. The standard InChI is InChI=1S/C16H25N3O2/c1-11-6-12(2)9-19(8-11)10-16(20)18-14-5-4-13(17)7-15(14)21-3/h4-5,7,11-12H,6,8-10,17H2,1-3H3,(H,18,20). The fraction of sp³-hybridized carbons (Fsp3) is 0.562. The molecule has 1 aromatic carbocycles. The van der Waals surface area contributed by atoms with Crippen molar-refractivity contribution in [2.45, 2.75) is 20.3 Å². The summed E-state index contributed by atoms with van der Waals surface area (Å²) < 4.78 is 5.24. The predicted octanol–water partition coefficient (Wildman–Crippen LogP) is 2.19. The molecule has 21 heavy (non-hydrogen) atoms. The van der Waals surface area contributed by atoms with Gasteiger partial charge >= 0.3 is 0 Å². The van der Waals surface area contributed by atoms with Crippen LogP contribution in [-0.2, 0) is 4.79 Å². The Bertz CT molecular complexity index is 494. The zero-order valence-electron chi connectivity index (χ0n) is 13.1. The molecule has 1 aliphatic heterocycles. The lowest BCUT2D eigenvalue weighted by atomic mass is 9.92. The van der Waals surface area contributed by atoms with Gasteiger partial charge in [-0.1, -0.05) is 13.8 Å². The van der Waals surface area contributed by atoms with Crippen molar-refractivity contribution in [1.29, 1.82) is 0 Å². The molecule has 5 nitrogen and oxygen atoms in total. The zero-order chi connectivity index (χ0) is 15.4. The summed E-state index contributed by atoms with van der Waals surface area (Å²) in [5, 5.41) is 2.90. The van der Waals surface area contributed by atoms with Crippen LogP contribution in [0.25, 0.3) is 0 Å². The number of methoxy groups -OCH3 is 1. The quantitative estimate of drug-likeness (QED) is 0.835. The molecule has 1 heterocycles. The first-order chi connectivity index (χ1) is 9.97. The van der Waals surface area contributed by atoms with Gasteiger partial charge in [0, 0.05) is 24.8 Å². The molecule has 1 aliphatic rings. The topological polar surface area (TPSA) is 67.6 Å². The van der Waals surface area contributed by atoms with Gasteiger partial charge in [-0.25, -0.2) is 0 Å². The van der Waals surface area contributed by atoms with E-state index in [1.807, 2.05) is 0 Å². The lowest BCUT2D eigenvalue weighted by Crippen LogP contribution is -2.42. The Morgan fingerprint density at radius 1 is 1.38 bits per heavy atom. The SMILES string of the molecule is COc1cc(N)ccc1NC(=O)CN1CC(C)CC(C)C1. The molecular formula is C16H25N3O2. The predicted molar refractivity (Wildman–Crippen MR) is 85.4 cm³/mol. The van der Waals surface area contributed by atoms with E-state index in [9.17, 15) is 4.79 Å². The van der Waals surface area contributed by atoms with Crippen molar-refractivity contribution in [2.24, 2.45) is 11.8 Å². The Balaban J connectivity index is 1.95. The number of benzene rings is 1. The number of nitrogens with two attached hydrogens (primary N) is 1. The van der Waals surface area contributed by atoms with Crippen molar-refractivity contribution in [1.82, 2.24) is 4.90 Å². The molecule has 3 N–H and O–H groups in total. The smallest absolute Gasteiger partial charge is 0.238 e. The van der Waals surface area contributed by atoms with Gasteiger partial charge < -0.3 is 15.8 Å². The van der Waals surface area contributed by atoms with Gasteiger partial charge in [0.1, 0.15) is 5.75 Å². The summed E-state index contributed by atoms with van der Waals surface area (Å²) in [6.45, 7) is 6.86. The van der Waals surface area contributed by atoms with Crippen LogP contribution in [0.1, 0.15) is 20.3 Å². The zero-order valence-corrected chi connectivity index (χ0v) is 13.1. The van der Waals surface area contributed by atoms with Crippen LogP contribution in [0, 0.1) is 11.8 Å². The number of hydrogen-bond donors (Lipinski definition) is 2. The number of carbonyl (C=O) groups excluding carboxylic acids is 1. The highest BCUT2D eigenvalue weighted by atomic mass is 16.5. The van der Waals surface area contributed by atoms with Crippen LogP contribution in [0.3, 0.4) is 0 Å². The number of amides is 1. The van der Waals surface area contributed by atoms with Crippen LogP contribution >= 0.6 is 0 Å². The van der Waals surface area contributed by atoms with E-state index >= 15 is 0 Å². The molecule has 2 rings (SSSR count). The second-order valence-corrected chi connectivity index (χ2v) is 6.15. The molecule has 0 radical (unpaired) electrons. The lowest BCUT2D eigenvalue weighted by Gasteiger charge is -2.34. The molecule has 0 saturated carbocycles. The monoisotopic (exact) mass is 291 g/mol. The number of nitrogens with zero attached hydrogens (tertiary/aromatic N) is 1. The number of ether oxygens (including phenoxy) is 1. The van der Waals surface area contributed by atoms with E-state index in [1.165, 1.54) is 6.42 Å². The highest BCUT2D eigenvalue weighted by Gasteiger charge is 2.23. The summed E-state index contributed by atoms with van der Waals surface area (Å²) in [5.41, 5.74) is 6.99. The summed E-state index contributed by atoms with van der Waals surface area (Å²) in [6.07, 6.45) is 1.24. The third-order valence-corrected chi connectivity index (χ3v) is 3.81. The van der Waals surface area contributed by atoms with E-state index < -0.39 is 0 Å². The van der Waals surface area contributed by atoms with E-state index in [0.717, 1.165) is 13.1 Å². The molecule has 1 amide bonds. The molecule has 0 spiro atoms. The van der Waals surface area contributed by atoms with Crippen molar-refractivity contribution >= 4 is 17.3 Å². The summed E-state index contributed by atoms with van der Waals surface area (Å²) >= 11 is 0. The van der Waals surface area contributed by atoms with E-state index in [0.29, 0.717) is 35.5 Å². The number of piperidine rings is 1. The Labute approximate surface area is 126 Å². The summed E-state index contributed by atoms with van der Waals surface area (Å²) in [5.74, 6) is 1.86. The average Bonchev–Trinajstić information content (AvgIpc) is 2.39. The minimum atomic E-state index is -0.0145. The fourth-order valence-electron chi connectivity index (χ4n) is 3.13. The maximum atomic E-state index is 12.2. The van der Waals surface area contributed by atoms with E-state index in [4.69, 9.17) is 10.5 Å². The first-order valence-electron chi connectivity index (χ1n) is 7.43. The molecular weight excluding hydrogens is 266 g/mol. The molecule has 0 aliphatic carbocycles. The van der Waals surface area contributed by atoms with Crippen molar-refractivity contribution in [3.05, 3.63) is 18.2 Å². The number of nitrogen functional groups attached to an aromatic ring is 1. The second-order valence-electron chi connectivity index (χ2n) is 6.15. The van der Waals surface area contributed by atoms with E-state index in [1.54, 1.807) is 25.3 Å². The van der Waals surface area contributed by atoms with Crippen LogP contribution in [-0.4, -0.2) is 37.6 Å². The van der Waals surface area contributed by atoms with Crippen LogP contribution in [0.15, 0.2) is 18.2 Å². The summed E-state index contributed by atoms with van der Waals surface area (Å²) in [7, 11) is 1.57. The average molecular weight is 291 g/mol. The Morgan fingerprint density at radius 2 is 2.05 bits per heavy atom. The van der Waals surface area contributed by atoms with Gasteiger partial charge in [0.05, 0.1) is 19.3 Å². The highest BCUT2D eigenvalue weighted by Crippen LogP contribution is 2.27. The van der Waals surface area contributed by atoms with Gasteiger partial charge in [-0.05, 0) is 30.4 Å². The van der Waals surface area contributed by atoms with Crippen molar-refractivity contribution in [3.8, 4) is 5.75 Å². The van der Waals surface area contributed by atoms with Gasteiger partial charge in [0.15, 0.2) is 0 Å². The van der Waals surface area contributed by atoms with Crippen molar-refractivity contribution in [2.75, 3.05) is 37.8 Å². The molecule has 2 unspecified atom stereocenters. The second kappa shape index (κ2) is 6.80. The van der Waals surface area contributed by atoms with Crippen LogP contribution in [0.4, 0.5) is 11.4 Å². The first kappa shape index (κ1) is 15.6. The van der Waals surface area contributed by atoms with Gasteiger partial charge in [0.25, 0.3) is 0 Å². The molecule has 1 saturated heterocycles. The minimum absolute atomic E-state index is 0.0145. The molecule has 1 aromatic rings. The molecule has 5 heteroatoms. The fourth-order valence-corrected chi connectivity index (χ4v) is 3.13. The third-order valence-electron chi connectivity index (χ3n) is 3.81. The normalized spacial score (nSPS) is 22.8. The van der Waals surface area contributed by atoms with Crippen LogP contribution in [0.2, 0.25) is 0 Å². The number of carbonyl (C=O) groups is 1. The number of anilines is 2. The molecule has 1 fully saturated rings. The molecule has 116 valence electrons. The van der Waals surface area contributed by atoms with Crippen molar-refractivity contribution < 1.29 is 9.53 Å². The number of rotatable bonds is 4. The van der Waals surface area contributed by atoms with Crippen LogP contribution in [0.5, 0.6) is 5.75 Å². The summed E-state index contributed by atoms with van der Waals surface area (Å²) in [6, 6.07) is 5.23. The van der Waals surface area contributed by atoms with Gasteiger partial charge in [0.2, 0.25) is 5.91 Å². The molecule has 2 atom stereocenters. The van der Waals surface area contributed by atoms with Gasteiger partial charge in [-0.2, -0.15) is 0 Å². The van der Waals surface area contributed by atoms with E-state index in [2.05, 4.69) is 24.1 Å².